The van der Waals surface area contributed by atoms with Gasteiger partial charge in [-0.2, -0.15) is 5.26 Å². The summed E-state index contributed by atoms with van der Waals surface area (Å²) in [4.78, 5) is 35.5. The van der Waals surface area contributed by atoms with Crippen molar-refractivity contribution in [3.05, 3.63) is 93.5 Å². The summed E-state index contributed by atoms with van der Waals surface area (Å²) in [6.45, 7) is 0. The zero-order valence-electron chi connectivity index (χ0n) is 18.7. The number of hydrogen-bond donors (Lipinski definition) is 1. The predicted molar refractivity (Wildman–Crippen MR) is 126 cm³/mol. The first kappa shape index (κ1) is 24.5. The minimum atomic E-state index is -0.823. The number of amides is 1. The van der Waals surface area contributed by atoms with Gasteiger partial charge in [-0.1, -0.05) is 12.1 Å². The summed E-state index contributed by atoms with van der Waals surface area (Å²) in [6.07, 6.45) is 1.31. The first-order valence-electron chi connectivity index (χ1n) is 10.1. The van der Waals surface area contributed by atoms with Crippen molar-refractivity contribution >= 4 is 29.3 Å². The van der Waals surface area contributed by atoms with E-state index in [1.807, 2.05) is 0 Å². The van der Waals surface area contributed by atoms with Crippen molar-refractivity contribution in [1.29, 1.82) is 5.26 Å². The van der Waals surface area contributed by atoms with Gasteiger partial charge < -0.3 is 19.5 Å². The lowest BCUT2D eigenvalue weighted by atomic mass is 10.1. The van der Waals surface area contributed by atoms with E-state index in [0.29, 0.717) is 16.9 Å². The van der Waals surface area contributed by atoms with Crippen LogP contribution in [0.1, 0.15) is 15.9 Å². The van der Waals surface area contributed by atoms with Crippen LogP contribution in [0.3, 0.4) is 0 Å². The molecule has 176 valence electrons. The summed E-state index contributed by atoms with van der Waals surface area (Å²) < 4.78 is 15.3. The smallest absolute Gasteiger partial charge is 0.343 e. The Hall–Kier alpha value is -5.17. The average molecular weight is 473 g/mol. The number of nitrogens with one attached hydrogen (secondary N) is 1. The molecule has 3 aromatic carbocycles. The van der Waals surface area contributed by atoms with Crippen LogP contribution in [0.2, 0.25) is 0 Å². The second-order valence-electron chi connectivity index (χ2n) is 6.95. The van der Waals surface area contributed by atoms with E-state index in [1.54, 1.807) is 42.5 Å². The summed E-state index contributed by atoms with van der Waals surface area (Å²) >= 11 is 0. The maximum absolute atomic E-state index is 12.6. The van der Waals surface area contributed by atoms with Gasteiger partial charge in [-0.25, -0.2) is 4.79 Å². The Morgan fingerprint density at radius 2 is 1.54 bits per heavy atom. The molecule has 0 aliphatic heterocycles. The Bertz CT molecular complexity index is 1320. The minimum Gasteiger partial charge on any atom is -0.497 e. The summed E-state index contributed by atoms with van der Waals surface area (Å²) in [5.41, 5.74) is 0.0786. The molecule has 0 radical (unpaired) electrons. The highest BCUT2D eigenvalue weighted by Gasteiger charge is 2.19. The standard InChI is InChI=1S/C25H19N3O7/c1-33-19-9-5-17(6-10-19)25(30)35-20-7-3-16(4-8-20)13-18(15-26)24(29)27-22-12-11-21(34-2)14-23(22)28(31)32/h3-14H,1-2H3,(H,27,29)/b18-13+. The van der Waals surface area contributed by atoms with E-state index in [4.69, 9.17) is 14.2 Å². The summed E-state index contributed by atoms with van der Waals surface area (Å²) in [7, 11) is 2.88. The van der Waals surface area contributed by atoms with Crippen LogP contribution in [0, 0.1) is 21.4 Å². The van der Waals surface area contributed by atoms with Crippen molar-refractivity contribution in [3.8, 4) is 23.3 Å². The summed E-state index contributed by atoms with van der Waals surface area (Å²) in [5, 5.41) is 23.1. The Morgan fingerprint density at radius 1 is 0.943 bits per heavy atom. The third-order valence-corrected chi connectivity index (χ3v) is 4.74. The Morgan fingerprint density at radius 3 is 2.11 bits per heavy atom. The lowest BCUT2D eigenvalue weighted by molar-refractivity contribution is -0.384. The molecule has 1 N–H and O–H groups in total. The molecule has 10 nitrogen and oxygen atoms in total. The average Bonchev–Trinajstić information content (AvgIpc) is 2.88. The van der Waals surface area contributed by atoms with E-state index in [9.17, 15) is 25.0 Å². The van der Waals surface area contributed by atoms with Gasteiger partial charge in [0.2, 0.25) is 0 Å². The van der Waals surface area contributed by atoms with Crippen LogP contribution in [0.15, 0.2) is 72.3 Å². The van der Waals surface area contributed by atoms with Gasteiger partial charge in [0.1, 0.15) is 34.6 Å². The minimum absolute atomic E-state index is 0.0808. The quantitative estimate of drug-likeness (QED) is 0.127. The maximum atomic E-state index is 12.6. The lowest BCUT2D eigenvalue weighted by Gasteiger charge is -2.07. The number of nitro benzene ring substituents is 1. The van der Waals surface area contributed by atoms with Crippen LogP contribution in [0.5, 0.6) is 17.2 Å². The van der Waals surface area contributed by atoms with E-state index >= 15 is 0 Å². The first-order chi connectivity index (χ1) is 16.8. The molecule has 0 bridgehead atoms. The molecule has 0 spiro atoms. The van der Waals surface area contributed by atoms with E-state index in [2.05, 4.69) is 5.32 Å². The van der Waals surface area contributed by atoms with Gasteiger partial charge in [0.15, 0.2) is 0 Å². The fraction of sp³-hybridized carbons (Fsp3) is 0.0800. The largest absolute Gasteiger partial charge is 0.497 e. The highest BCUT2D eigenvalue weighted by molar-refractivity contribution is 6.10. The Labute approximate surface area is 200 Å². The fourth-order valence-electron chi connectivity index (χ4n) is 2.93. The molecule has 0 aromatic heterocycles. The van der Waals surface area contributed by atoms with Crippen molar-refractivity contribution in [2.75, 3.05) is 19.5 Å². The number of carbonyl (C=O) groups is 2. The van der Waals surface area contributed by atoms with Crippen molar-refractivity contribution in [1.82, 2.24) is 0 Å². The zero-order chi connectivity index (χ0) is 25.4. The second-order valence-corrected chi connectivity index (χ2v) is 6.95. The lowest BCUT2D eigenvalue weighted by Crippen LogP contribution is -2.14. The number of nitro groups is 1. The Balaban J connectivity index is 1.72. The number of nitriles is 1. The normalized spacial score (nSPS) is 10.6. The number of nitrogens with zero attached hydrogens (tertiary/aromatic N) is 2. The molecule has 0 fully saturated rings. The van der Waals surface area contributed by atoms with Crippen LogP contribution in [-0.4, -0.2) is 31.0 Å². The Kier molecular flexibility index (Phi) is 7.77. The fourth-order valence-corrected chi connectivity index (χ4v) is 2.93. The third kappa shape index (κ3) is 6.21. The van der Waals surface area contributed by atoms with Gasteiger partial charge in [0.25, 0.3) is 11.6 Å². The number of methoxy groups -OCH3 is 2. The van der Waals surface area contributed by atoms with E-state index < -0.39 is 16.8 Å². The predicted octanol–water partition coefficient (Wildman–Crippen LogP) is 4.38. The molecule has 0 unspecified atom stereocenters. The van der Waals surface area contributed by atoms with Crippen molar-refractivity contribution in [2.45, 2.75) is 0 Å². The summed E-state index contributed by atoms with van der Waals surface area (Å²) in [5.74, 6) is -0.264. The van der Waals surface area contributed by atoms with Gasteiger partial charge in [-0.05, 0) is 60.2 Å². The number of anilines is 1. The third-order valence-electron chi connectivity index (χ3n) is 4.74. The number of esters is 1. The summed E-state index contributed by atoms with van der Waals surface area (Å²) in [6, 6.07) is 18.3. The molecule has 0 saturated heterocycles. The number of hydrogen-bond acceptors (Lipinski definition) is 8. The number of benzene rings is 3. The van der Waals surface area contributed by atoms with Crippen molar-refractivity contribution in [2.24, 2.45) is 0 Å². The molecular weight excluding hydrogens is 454 g/mol. The second kappa shape index (κ2) is 11.1. The SMILES string of the molecule is COc1ccc(C(=O)Oc2ccc(/C=C(\C#N)C(=O)Nc3ccc(OC)cc3[N+](=O)[O-])cc2)cc1. The van der Waals surface area contributed by atoms with E-state index in [1.165, 1.54) is 44.6 Å². The van der Waals surface area contributed by atoms with Crippen LogP contribution in [-0.2, 0) is 4.79 Å². The number of carbonyl (C=O) groups excluding carboxylic acids is 2. The topological polar surface area (TPSA) is 141 Å². The van der Waals surface area contributed by atoms with Crippen molar-refractivity contribution in [3.63, 3.8) is 0 Å². The molecule has 10 heteroatoms. The molecular formula is C25H19N3O7. The molecule has 35 heavy (non-hydrogen) atoms. The molecule has 0 saturated carbocycles. The van der Waals surface area contributed by atoms with Gasteiger partial charge in [0.05, 0.1) is 30.8 Å². The molecule has 1 amide bonds. The number of rotatable bonds is 8. The van der Waals surface area contributed by atoms with Gasteiger partial charge in [-0.15, -0.1) is 0 Å². The molecule has 0 aliphatic rings. The molecule has 0 heterocycles. The van der Waals surface area contributed by atoms with Gasteiger partial charge >= 0.3 is 5.97 Å². The highest BCUT2D eigenvalue weighted by Crippen LogP contribution is 2.29. The first-order valence-corrected chi connectivity index (χ1v) is 10.1. The van der Waals surface area contributed by atoms with Crippen LogP contribution >= 0.6 is 0 Å². The van der Waals surface area contributed by atoms with Crippen molar-refractivity contribution < 1.29 is 28.7 Å². The van der Waals surface area contributed by atoms with Crippen LogP contribution in [0.25, 0.3) is 6.08 Å². The molecule has 3 rings (SSSR count). The van der Waals surface area contributed by atoms with Gasteiger partial charge in [0, 0.05) is 0 Å². The zero-order valence-corrected chi connectivity index (χ0v) is 18.7. The van der Waals surface area contributed by atoms with Crippen LogP contribution < -0.4 is 19.5 Å². The van der Waals surface area contributed by atoms with Crippen LogP contribution in [0.4, 0.5) is 11.4 Å². The number of ether oxygens (including phenoxy) is 3. The highest BCUT2D eigenvalue weighted by atomic mass is 16.6. The molecule has 0 atom stereocenters. The molecule has 0 aliphatic carbocycles. The van der Waals surface area contributed by atoms with Gasteiger partial charge in [-0.3, -0.25) is 14.9 Å². The molecule has 3 aromatic rings. The maximum Gasteiger partial charge on any atom is 0.343 e. The monoisotopic (exact) mass is 473 g/mol. The van der Waals surface area contributed by atoms with E-state index in [0.717, 1.165) is 6.07 Å². The van der Waals surface area contributed by atoms with E-state index in [-0.39, 0.29) is 28.4 Å².